The van der Waals surface area contributed by atoms with E-state index < -0.39 is 78.3 Å². The maximum Gasteiger partial charge on any atom is 0.239 e. The van der Waals surface area contributed by atoms with Gasteiger partial charge in [-0.1, -0.05) is 11.6 Å². The summed E-state index contributed by atoms with van der Waals surface area (Å²) in [6.07, 6.45) is -13.0. The first-order valence-corrected chi connectivity index (χ1v) is 15.1. The van der Waals surface area contributed by atoms with Gasteiger partial charge in [0, 0.05) is 17.2 Å². The van der Waals surface area contributed by atoms with Crippen LogP contribution in [0.2, 0.25) is 0 Å². The fourth-order valence-corrected chi connectivity index (χ4v) is 5.55. The van der Waals surface area contributed by atoms with Crippen LogP contribution in [0.25, 0.3) is 22.3 Å². The molecule has 5 rings (SSSR count). The Kier molecular flexibility index (Phi) is 10.1. The summed E-state index contributed by atoms with van der Waals surface area (Å²) in [5.74, 6) is -0.987. The number of aliphatic hydroxyl groups excluding tert-OH is 5. The van der Waals surface area contributed by atoms with Crippen molar-refractivity contribution in [2.24, 2.45) is 0 Å². The summed E-state index contributed by atoms with van der Waals surface area (Å²) in [5, 5.41) is 74.0. The minimum atomic E-state index is -1.77. The van der Waals surface area contributed by atoms with Gasteiger partial charge in [-0.05, 0) is 58.4 Å². The number of phenolic OH excluding ortho intramolecular Hbond substituents is 2. The van der Waals surface area contributed by atoms with Crippen molar-refractivity contribution in [3.05, 3.63) is 57.8 Å². The number of rotatable bonds is 8. The first kappa shape index (κ1) is 34.6. The number of ether oxygens (including phenoxy) is 5. The van der Waals surface area contributed by atoms with Gasteiger partial charge in [-0.3, -0.25) is 4.79 Å². The molecule has 2 aromatic carbocycles. The lowest BCUT2D eigenvalue weighted by Crippen LogP contribution is -2.63. The predicted molar refractivity (Wildman–Crippen MR) is 165 cm³/mol. The molecule has 3 aromatic rings. The molecule has 1 aromatic heterocycles. The van der Waals surface area contributed by atoms with Crippen LogP contribution in [0.3, 0.4) is 0 Å². The van der Waals surface area contributed by atoms with Crippen LogP contribution < -0.4 is 14.9 Å². The van der Waals surface area contributed by atoms with Gasteiger partial charge in [-0.15, -0.1) is 0 Å². The van der Waals surface area contributed by atoms with Crippen LogP contribution in [-0.4, -0.2) is 104 Å². The van der Waals surface area contributed by atoms with Crippen molar-refractivity contribution < 1.29 is 63.8 Å². The van der Waals surface area contributed by atoms with Gasteiger partial charge in [0.15, 0.2) is 18.2 Å². The van der Waals surface area contributed by atoms with Gasteiger partial charge in [0.2, 0.25) is 17.5 Å². The SMILES string of the molecule is COc1ccc(-c2oc3c(CC=C(C)C)c(O)cc(O)c3c(=O)c2O[C@@H]2O[C@@H](C)[C@H](O)[C@@H](O)[C@H]2O[C@H]2O[C@@H](C)[C@H](O)[C@@H](O)[C@H]2O)cc1. The van der Waals surface area contributed by atoms with Gasteiger partial charge < -0.3 is 63.8 Å². The molecule has 2 aliphatic heterocycles. The Morgan fingerprint density at radius 2 is 1.47 bits per heavy atom. The highest BCUT2D eigenvalue weighted by Crippen LogP contribution is 2.41. The van der Waals surface area contributed by atoms with E-state index >= 15 is 0 Å². The molecule has 0 amide bonds. The summed E-state index contributed by atoms with van der Waals surface area (Å²) < 4.78 is 34.9. The number of hydrogen-bond donors (Lipinski definition) is 7. The Hall–Kier alpha value is -3.73. The Balaban J connectivity index is 1.65. The minimum Gasteiger partial charge on any atom is -0.507 e. The second-order valence-electron chi connectivity index (χ2n) is 12.0. The quantitative estimate of drug-likeness (QED) is 0.170. The normalized spacial score (nSPS) is 31.0. The van der Waals surface area contributed by atoms with Gasteiger partial charge in [0.05, 0.1) is 19.3 Å². The lowest BCUT2D eigenvalue weighted by Gasteiger charge is -2.45. The molecule has 14 heteroatoms. The van der Waals surface area contributed by atoms with E-state index in [0.717, 1.165) is 11.6 Å². The molecule has 0 radical (unpaired) electrons. The number of benzene rings is 2. The molecule has 47 heavy (non-hydrogen) atoms. The van der Waals surface area contributed by atoms with Crippen molar-refractivity contribution in [3.63, 3.8) is 0 Å². The molecule has 256 valence electrons. The molecule has 2 fully saturated rings. The third kappa shape index (κ3) is 6.68. The minimum absolute atomic E-state index is 0.0929. The van der Waals surface area contributed by atoms with E-state index in [9.17, 15) is 40.5 Å². The van der Waals surface area contributed by atoms with Crippen LogP contribution in [0, 0.1) is 0 Å². The van der Waals surface area contributed by atoms with Gasteiger partial charge >= 0.3 is 0 Å². The summed E-state index contributed by atoms with van der Waals surface area (Å²) in [6.45, 7) is 6.61. The number of allylic oxidation sites excluding steroid dienone is 2. The van der Waals surface area contributed by atoms with E-state index in [4.69, 9.17) is 28.1 Å². The molecular weight excluding hydrogens is 620 g/mol. The number of aliphatic hydroxyl groups is 5. The summed E-state index contributed by atoms with van der Waals surface area (Å²) >= 11 is 0. The molecule has 7 N–H and O–H groups in total. The highest BCUT2D eigenvalue weighted by molar-refractivity contribution is 5.91. The number of aromatic hydroxyl groups is 2. The van der Waals surface area contributed by atoms with E-state index in [1.54, 1.807) is 24.3 Å². The lowest BCUT2D eigenvalue weighted by atomic mass is 9.98. The van der Waals surface area contributed by atoms with E-state index in [1.165, 1.54) is 21.0 Å². The third-order valence-electron chi connectivity index (χ3n) is 8.37. The monoisotopic (exact) mass is 660 g/mol. The van der Waals surface area contributed by atoms with Crippen molar-refractivity contribution in [2.75, 3.05) is 7.11 Å². The Bertz CT molecular complexity index is 1660. The zero-order valence-corrected chi connectivity index (χ0v) is 26.4. The fourth-order valence-electron chi connectivity index (χ4n) is 5.55. The third-order valence-corrected chi connectivity index (χ3v) is 8.37. The molecule has 3 heterocycles. The molecule has 0 aliphatic carbocycles. The van der Waals surface area contributed by atoms with Crippen molar-refractivity contribution in [1.29, 1.82) is 0 Å². The maximum absolute atomic E-state index is 14.2. The number of methoxy groups -OCH3 is 1. The summed E-state index contributed by atoms with van der Waals surface area (Å²) in [6, 6.07) is 7.43. The Morgan fingerprint density at radius 3 is 2.09 bits per heavy atom. The van der Waals surface area contributed by atoms with Crippen molar-refractivity contribution in [3.8, 4) is 34.3 Å². The standard InChI is InChI=1S/C33H40O14/c1-13(2)6-11-18-19(34)12-20(35)21-24(38)30(28(45-29(18)21)16-7-9-17(42-5)10-8-16)46-33-31(26(40)23(37)15(4)44-33)47-32-27(41)25(39)22(36)14(3)43-32/h6-10,12,14-15,22-23,25-27,31-37,39-41H,11H2,1-5H3/t14-,15-,22-,23-,25+,26+,27+,31+,32+,33-/m0/s1. The molecule has 2 aliphatic rings. The van der Waals surface area contributed by atoms with Crippen molar-refractivity contribution in [1.82, 2.24) is 0 Å². The van der Waals surface area contributed by atoms with Crippen LogP contribution >= 0.6 is 0 Å². The second kappa shape index (κ2) is 13.8. The van der Waals surface area contributed by atoms with E-state index in [1.807, 2.05) is 19.9 Å². The van der Waals surface area contributed by atoms with Gasteiger partial charge in [-0.2, -0.15) is 0 Å². The molecular formula is C33H40O14. The van der Waals surface area contributed by atoms with Crippen LogP contribution in [0.1, 0.15) is 33.3 Å². The second-order valence-corrected chi connectivity index (χ2v) is 12.0. The van der Waals surface area contributed by atoms with Crippen molar-refractivity contribution >= 4 is 11.0 Å². The first-order chi connectivity index (χ1) is 22.2. The van der Waals surface area contributed by atoms with Gasteiger partial charge in [0.1, 0.15) is 58.7 Å². The van der Waals surface area contributed by atoms with Crippen LogP contribution in [0.15, 0.2) is 51.2 Å². The number of hydrogen-bond acceptors (Lipinski definition) is 14. The van der Waals surface area contributed by atoms with E-state index in [-0.39, 0.29) is 34.5 Å². The average molecular weight is 661 g/mol. The molecule has 14 nitrogen and oxygen atoms in total. The molecule has 0 bridgehead atoms. The lowest BCUT2D eigenvalue weighted by molar-refractivity contribution is -0.352. The fraction of sp³-hybridized carbons (Fsp3) is 0.485. The Labute approximate surface area is 269 Å². The zero-order valence-electron chi connectivity index (χ0n) is 26.4. The Morgan fingerprint density at radius 1 is 0.851 bits per heavy atom. The summed E-state index contributed by atoms with van der Waals surface area (Å²) in [5.41, 5.74) is 0.546. The smallest absolute Gasteiger partial charge is 0.239 e. The van der Waals surface area contributed by atoms with Gasteiger partial charge in [0.25, 0.3) is 0 Å². The summed E-state index contributed by atoms with van der Waals surface area (Å²) in [4.78, 5) is 14.2. The molecule has 0 spiro atoms. The highest BCUT2D eigenvalue weighted by atomic mass is 16.8. The topological polar surface area (TPSA) is 218 Å². The van der Waals surface area contributed by atoms with E-state index in [2.05, 4.69) is 0 Å². The molecule has 10 atom stereocenters. The van der Waals surface area contributed by atoms with Crippen LogP contribution in [-0.2, 0) is 20.6 Å². The van der Waals surface area contributed by atoms with Crippen LogP contribution in [0.4, 0.5) is 0 Å². The molecule has 0 saturated carbocycles. The van der Waals surface area contributed by atoms with Gasteiger partial charge in [-0.25, -0.2) is 0 Å². The predicted octanol–water partition coefficient (Wildman–Crippen LogP) is 1.45. The highest BCUT2D eigenvalue weighted by Gasteiger charge is 2.50. The van der Waals surface area contributed by atoms with Crippen LogP contribution in [0.5, 0.6) is 23.0 Å². The molecule has 0 unspecified atom stereocenters. The van der Waals surface area contributed by atoms with Crippen molar-refractivity contribution in [2.45, 2.75) is 95.5 Å². The average Bonchev–Trinajstić information content (AvgIpc) is 3.03. The van der Waals surface area contributed by atoms with E-state index in [0.29, 0.717) is 11.3 Å². The summed E-state index contributed by atoms with van der Waals surface area (Å²) in [7, 11) is 1.48. The number of phenols is 2. The zero-order chi connectivity index (χ0) is 34.3. The maximum atomic E-state index is 14.2. The number of fused-ring (bicyclic) bond motifs is 1. The largest absolute Gasteiger partial charge is 0.507 e. The first-order valence-electron chi connectivity index (χ1n) is 15.1. The molecule has 2 saturated heterocycles.